The number of nitrogens with zero attached hydrogens (tertiary/aromatic N) is 8. The van der Waals surface area contributed by atoms with Crippen LogP contribution in [0.5, 0.6) is 0 Å². The van der Waals surface area contributed by atoms with Crippen LogP contribution in [-0.2, 0) is 16.1 Å². The molecule has 6 aliphatic heterocycles. The first-order chi connectivity index (χ1) is 28.6. The number of nitrogens with one attached hydrogen (secondary N) is 2. The number of fused-ring (bicyclic) bond motifs is 1. The number of carbonyl (C=O) groups excluding carboxylic acids is 5. The van der Waals surface area contributed by atoms with Crippen LogP contribution in [0.4, 0.5) is 27.8 Å². The van der Waals surface area contributed by atoms with Crippen LogP contribution in [-0.4, -0.2) is 137 Å². The van der Waals surface area contributed by atoms with E-state index in [9.17, 15) is 24.0 Å². The van der Waals surface area contributed by atoms with E-state index >= 15 is 0 Å². The van der Waals surface area contributed by atoms with Gasteiger partial charge in [-0.05, 0) is 105 Å². The third-order valence-electron chi connectivity index (χ3n) is 13.3. The van der Waals surface area contributed by atoms with Gasteiger partial charge in [-0.25, -0.2) is 14.8 Å². The fourth-order valence-electron chi connectivity index (χ4n) is 9.99. The molecule has 5 fully saturated rings. The molecule has 6 amide bonds. The molecule has 0 spiro atoms. The average molecular weight is 804 g/mol. The van der Waals surface area contributed by atoms with Gasteiger partial charge >= 0.3 is 6.03 Å². The molecule has 0 saturated carbocycles. The summed E-state index contributed by atoms with van der Waals surface area (Å²) < 4.78 is 0. The smallest absolute Gasteiger partial charge is 0.320 e. The highest BCUT2D eigenvalue weighted by Crippen LogP contribution is 2.35. The molecule has 7 heterocycles. The summed E-state index contributed by atoms with van der Waals surface area (Å²) in [6, 6.07) is 14.0. The van der Waals surface area contributed by atoms with Crippen molar-refractivity contribution in [2.75, 3.05) is 81.1 Å². The molecule has 0 bridgehead atoms. The van der Waals surface area contributed by atoms with Crippen molar-refractivity contribution in [3.05, 3.63) is 71.0 Å². The number of rotatable bonds is 10. The Kier molecular flexibility index (Phi) is 10.6. The number of carbonyl (C=O) groups is 5. The molecule has 4 N–H and O–H groups in total. The van der Waals surface area contributed by atoms with Crippen molar-refractivity contribution < 1.29 is 24.0 Å². The van der Waals surface area contributed by atoms with Gasteiger partial charge in [0, 0.05) is 82.8 Å². The van der Waals surface area contributed by atoms with E-state index in [0.717, 1.165) is 101 Å². The number of anilines is 4. The summed E-state index contributed by atoms with van der Waals surface area (Å²) in [6.07, 6.45) is 7.37. The summed E-state index contributed by atoms with van der Waals surface area (Å²) in [5.41, 5.74) is 10.6. The van der Waals surface area contributed by atoms with E-state index in [-0.39, 0.29) is 41.9 Å². The van der Waals surface area contributed by atoms with E-state index in [1.54, 1.807) is 16.0 Å². The first-order valence-corrected chi connectivity index (χ1v) is 21.1. The fraction of sp³-hybridized carbons (Fsp3) is 0.512. The van der Waals surface area contributed by atoms with Crippen LogP contribution in [0.1, 0.15) is 82.8 Å². The van der Waals surface area contributed by atoms with Crippen LogP contribution in [0.2, 0.25) is 0 Å². The van der Waals surface area contributed by atoms with Crippen molar-refractivity contribution >= 4 is 52.7 Å². The molecule has 1 unspecified atom stereocenters. The Morgan fingerprint density at radius 2 is 1.69 bits per heavy atom. The van der Waals surface area contributed by atoms with Crippen LogP contribution >= 0.6 is 0 Å². The van der Waals surface area contributed by atoms with Crippen molar-refractivity contribution in [2.45, 2.75) is 69.5 Å². The number of benzene rings is 2. The van der Waals surface area contributed by atoms with Gasteiger partial charge in [-0.3, -0.25) is 24.5 Å². The fourth-order valence-corrected chi connectivity index (χ4v) is 9.99. The first-order valence-electron chi connectivity index (χ1n) is 21.1. The molecule has 0 radical (unpaired) electrons. The third kappa shape index (κ3) is 7.89. The van der Waals surface area contributed by atoms with Gasteiger partial charge in [0.1, 0.15) is 11.9 Å². The lowest BCUT2D eigenvalue weighted by Gasteiger charge is -2.37. The number of aromatic nitrogens is 2. The number of likely N-dealkylation sites (N-methyl/N-ethyl adjacent to an activating group) is 1. The third-order valence-corrected chi connectivity index (χ3v) is 13.3. The molecule has 310 valence electrons. The maximum atomic E-state index is 13.2. The number of piperidine rings is 3. The zero-order valence-electron chi connectivity index (χ0n) is 33.6. The highest BCUT2D eigenvalue weighted by Gasteiger charge is 2.40. The van der Waals surface area contributed by atoms with Gasteiger partial charge in [0.25, 0.3) is 11.8 Å². The second-order valence-corrected chi connectivity index (χ2v) is 17.1. The minimum Gasteiger partial charge on any atom is -0.371 e. The van der Waals surface area contributed by atoms with Crippen LogP contribution in [0, 0.1) is 5.92 Å². The normalized spacial score (nSPS) is 24.3. The standard InChI is InChI=1S/C43H53N11O5/c1-49-19-20-53(43(49)59)33-3-2-15-52(26-33)36-22-45-38(39(44)56)40(47-36)46-31-6-4-28(5-7-31)29-13-16-50(17-14-29)23-27-12-18-51(24-27)32-8-9-34-30(21-32)25-54(42(34)58)35-10-11-37(55)48-41(35)57/h4-9,21-22,27,29,33,35H,2-3,10-20,23-26H2,1H3,(H2,44,56)(H,46,47)(H,48,55,57)/t27-,33-,35?/m1/s1. The van der Waals surface area contributed by atoms with Gasteiger partial charge in [0.2, 0.25) is 11.8 Å². The van der Waals surface area contributed by atoms with Gasteiger partial charge in [-0.2, -0.15) is 0 Å². The molecule has 6 aliphatic rings. The Morgan fingerprint density at radius 1 is 0.881 bits per heavy atom. The SMILES string of the molecule is CN1CCN([C@@H]2CCCN(c3cnc(C(N)=O)c(Nc4ccc(C5CCN(C[C@H]6CCN(c7ccc8c(c7)CN(C7CCC(=O)NC7=O)C8=O)C6)CC5)cc4)n3)C2)C1=O. The maximum absolute atomic E-state index is 13.2. The molecule has 3 atom stereocenters. The largest absolute Gasteiger partial charge is 0.371 e. The lowest BCUT2D eigenvalue weighted by Crippen LogP contribution is -2.52. The number of amides is 6. The van der Waals surface area contributed by atoms with Crippen molar-refractivity contribution in [2.24, 2.45) is 11.7 Å². The van der Waals surface area contributed by atoms with Crippen LogP contribution in [0.3, 0.4) is 0 Å². The second-order valence-electron chi connectivity index (χ2n) is 17.1. The van der Waals surface area contributed by atoms with Gasteiger partial charge in [-0.15, -0.1) is 0 Å². The van der Waals surface area contributed by atoms with Crippen molar-refractivity contribution in [3.63, 3.8) is 0 Å². The van der Waals surface area contributed by atoms with E-state index < -0.39 is 11.9 Å². The second kappa shape index (κ2) is 16.1. The molecule has 59 heavy (non-hydrogen) atoms. The number of urea groups is 1. The molecule has 0 aliphatic carbocycles. The summed E-state index contributed by atoms with van der Waals surface area (Å²) >= 11 is 0. The number of likely N-dealkylation sites (tertiary alicyclic amines) is 1. The Balaban J connectivity index is 0.764. The Morgan fingerprint density at radius 3 is 2.44 bits per heavy atom. The van der Waals surface area contributed by atoms with Gasteiger partial charge in [-0.1, -0.05) is 12.1 Å². The van der Waals surface area contributed by atoms with E-state index in [1.807, 2.05) is 36.2 Å². The molecule has 3 aromatic rings. The first kappa shape index (κ1) is 38.7. The van der Waals surface area contributed by atoms with Crippen molar-refractivity contribution in [1.82, 2.24) is 34.9 Å². The number of imide groups is 1. The van der Waals surface area contributed by atoms with Crippen molar-refractivity contribution in [3.8, 4) is 0 Å². The molecule has 5 saturated heterocycles. The highest BCUT2D eigenvalue weighted by atomic mass is 16.2. The maximum Gasteiger partial charge on any atom is 0.320 e. The molecule has 2 aromatic carbocycles. The predicted molar refractivity (Wildman–Crippen MR) is 221 cm³/mol. The van der Waals surface area contributed by atoms with E-state index in [2.05, 4.69) is 48.5 Å². The lowest BCUT2D eigenvalue weighted by atomic mass is 9.89. The zero-order valence-corrected chi connectivity index (χ0v) is 33.6. The van der Waals surface area contributed by atoms with Crippen molar-refractivity contribution in [1.29, 1.82) is 0 Å². The minimum atomic E-state index is -0.650. The van der Waals surface area contributed by atoms with Gasteiger partial charge < -0.3 is 40.4 Å². The van der Waals surface area contributed by atoms with E-state index in [4.69, 9.17) is 10.7 Å². The Labute approximate surface area is 344 Å². The summed E-state index contributed by atoms with van der Waals surface area (Å²) in [5.74, 6) is 0.546. The molecular formula is C43H53N11O5. The highest BCUT2D eigenvalue weighted by molar-refractivity contribution is 6.05. The summed E-state index contributed by atoms with van der Waals surface area (Å²) in [7, 11) is 1.84. The molecular weight excluding hydrogens is 751 g/mol. The summed E-state index contributed by atoms with van der Waals surface area (Å²) in [6.45, 7) is 8.39. The molecule has 16 nitrogen and oxygen atoms in total. The number of nitrogens with two attached hydrogens (primary N) is 1. The topological polar surface area (TPSA) is 181 Å². The Hall–Kier alpha value is -5.77. The van der Waals surface area contributed by atoms with Gasteiger partial charge in [0.15, 0.2) is 11.5 Å². The minimum absolute atomic E-state index is 0.0677. The lowest BCUT2D eigenvalue weighted by molar-refractivity contribution is -0.136. The molecule has 9 rings (SSSR count). The molecule has 16 heteroatoms. The molecule has 1 aromatic heterocycles. The number of primary amides is 1. The monoisotopic (exact) mass is 803 g/mol. The van der Waals surface area contributed by atoms with Crippen LogP contribution in [0.15, 0.2) is 48.7 Å². The van der Waals surface area contributed by atoms with Gasteiger partial charge in [0.05, 0.1) is 12.2 Å². The zero-order chi connectivity index (χ0) is 40.8. The average Bonchev–Trinajstić information content (AvgIpc) is 3.94. The quantitative estimate of drug-likeness (QED) is 0.257. The van der Waals surface area contributed by atoms with E-state index in [0.29, 0.717) is 48.5 Å². The summed E-state index contributed by atoms with van der Waals surface area (Å²) in [5, 5.41) is 5.69. The predicted octanol–water partition coefficient (Wildman–Crippen LogP) is 3.12. The van der Waals surface area contributed by atoms with Crippen LogP contribution < -0.4 is 26.2 Å². The Bertz CT molecular complexity index is 2140. The van der Waals surface area contributed by atoms with E-state index in [1.165, 1.54) is 5.56 Å². The van der Waals surface area contributed by atoms with Crippen LogP contribution in [0.25, 0.3) is 0 Å². The number of hydrogen-bond donors (Lipinski definition) is 3. The summed E-state index contributed by atoms with van der Waals surface area (Å²) in [4.78, 5) is 84.1. The number of hydrogen-bond acceptors (Lipinski definition) is 11.